The second-order valence-corrected chi connectivity index (χ2v) is 5.92. The van der Waals surface area contributed by atoms with Crippen LogP contribution in [-0.2, 0) is 19.8 Å². The van der Waals surface area contributed by atoms with Crippen molar-refractivity contribution >= 4 is 11.6 Å². The minimum atomic E-state index is -0.373. The fraction of sp³-hybridized carbons (Fsp3) is 0.211. The molecular weight excluding hydrogens is 332 g/mol. The van der Waals surface area contributed by atoms with E-state index in [-0.39, 0.29) is 24.8 Å². The van der Waals surface area contributed by atoms with Gasteiger partial charge in [-0.1, -0.05) is 41.6 Å². The van der Waals surface area contributed by atoms with Crippen molar-refractivity contribution in [1.82, 2.24) is 15.0 Å². The number of benzene rings is 2. The number of hydrogen-bond donors (Lipinski definition) is 3. The summed E-state index contributed by atoms with van der Waals surface area (Å²) in [5.41, 5.74) is 3.69. The van der Waals surface area contributed by atoms with E-state index < -0.39 is 0 Å². The fourth-order valence-electron chi connectivity index (χ4n) is 2.67. The molecule has 0 fully saturated rings. The Kier molecular flexibility index (Phi) is 5.40. The number of nitrogens with zero attached hydrogens (tertiary/aromatic N) is 3. The van der Waals surface area contributed by atoms with Gasteiger partial charge in [-0.25, -0.2) is 4.68 Å². The molecular formula is C19H20N4O3. The molecule has 7 nitrogen and oxygen atoms in total. The van der Waals surface area contributed by atoms with E-state index in [2.05, 4.69) is 15.6 Å². The Labute approximate surface area is 150 Å². The highest BCUT2D eigenvalue weighted by atomic mass is 16.3. The van der Waals surface area contributed by atoms with E-state index in [1.54, 1.807) is 29.8 Å². The van der Waals surface area contributed by atoms with Gasteiger partial charge in [0.2, 0.25) is 0 Å². The van der Waals surface area contributed by atoms with Gasteiger partial charge in [0.05, 0.1) is 25.5 Å². The summed E-state index contributed by atoms with van der Waals surface area (Å²) in [5.74, 6) is -0.373. The number of aliphatic hydroxyl groups is 2. The Bertz CT molecular complexity index is 906. The summed E-state index contributed by atoms with van der Waals surface area (Å²) in [7, 11) is 0. The second-order valence-electron chi connectivity index (χ2n) is 5.92. The Hall–Kier alpha value is -3.03. The maximum absolute atomic E-state index is 12.5. The third-order valence-corrected chi connectivity index (χ3v) is 4.18. The van der Waals surface area contributed by atoms with Gasteiger partial charge in [0, 0.05) is 5.69 Å². The first-order chi connectivity index (χ1) is 12.6. The molecule has 0 aliphatic heterocycles. The molecule has 0 bridgehead atoms. The summed E-state index contributed by atoms with van der Waals surface area (Å²) in [6.07, 6.45) is 0. The number of rotatable bonds is 6. The number of carbonyl (C=O) groups excluding carboxylic acids is 1. The zero-order valence-corrected chi connectivity index (χ0v) is 14.4. The second kappa shape index (κ2) is 7.90. The predicted molar refractivity (Wildman–Crippen MR) is 96.5 cm³/mol. The van der Waals surface area contributed by atoms with Crippen LogP contribution in [0.3, 0.4) is 0 Å². The van der Waals surface area contributed by atoms with Crippen molar-refractivity contribution in [3.05, 3.63) is 76.6 Å². The van der Waals surface area contributed by atoms with E-state index in [0.717, 1.165) is 5.56 Å². The molecule has 0 aliphatic rings. The highest BCUT2D eigenvalue weighted by molar-refractivity contribution is 6.03. The summed E-state index contributed by atoms with van der Waals surface area (Å²) in [6, 6.07) is 14.8. The molecule has 0 saturated carbocycles. The van der Waals surface area contributed by atoms with Crippen molar-refractivity contribution in [2.75, 3.05) is 5.32 Å². The van der Waals surface area contributed by atoms with Gasteiger partial charge >= 0.3 is 0 Å². The highest BCUT2D eigenvalue weighted by Gasteiger charge is 2.17. The number of aromatic nitrogens is 3. The van der Waals surface area contributed by atoms with Crippen LogP contribution in [0.4, 0.5) is 5.69 Å². The van der Waals surface area contributed by atoms with E-state index in [1.807, 2.05) is 30.3 Å². The van der Waals surface area contributed by atoms with E-state index in [1.165, 1.54) is 0 Å². The number of anilines is 1. The van der Waals surface area contributed by atoms with Crippen molar-refractivity contribution in [2.24, 2.45) is 0 Å². The first-order valence-electron chi connectivity index (χ1n) is 8.21. The van der Waals surface area contributed by atoms with Crippen molar-refractivity contribution in [3.8, 4) is 0 Å². The molecule has 3 N–H and O–H groups in total. The minimum absolute atomic E-state index is 0.170. The minimum Gasteiger partial charge on any atom is -0.392 e. The zero-order valence-electron chi connectivity index (χ0n) is 14.4. The molecule has 1 aromatic heterocycles. The SMILES string of the molecule is Cc1c(C(=O)Nc2ccc(CO)c(CO)c2)nnn1Cc1ccccc1. The first kappa shape index (κ1) is 17.8. The summed E-state index contributed by atoms with van der Waals surface area (Å²) in [6.45, 7) is 1.95. The molecule has 0 atom stereocenters. The number of amides is 1. The Morgan fingerprint density at radius 1 is 1.08 bits per heavy atom. The molecule has 0 saturated heterocycles. The lowest BCUT2D eigenvalue weighted by Gasteiger charge is -2.09. The van der Waals surface area contributed by atoms with Crippen molar-refractivity contribution < 1.29 is 15.0 Å². The molecule has 0 spiro atoms. The molecule has 134 valence electrons. The normalized spacial score (nSPS) is 10.7. The van der Waals surface area contributed by atoms with Gasteiger partial charge in [-0.05, 0) is 35.7 Å². The van der Waals surface area contributed by atoms with Gasteiger partial charge in [-0.15, -0.1) is 5.10 Å². The molecule has 2 aromatic carbocycles. The molecule has 26 heavy (non-hydrogen) atoms. The van der Waals surface area contributed by atoms with Crippen LogP contribution in [0.15, 0.2) is 48.5 Å². The van der Waals surface area contributed by atoms with Gasteiger partial charge < -0.3 is 15.5 Å². The molecule has 1 amide bonds. The standard InChI is InChI=1S/C19H20N4O3/c1-13-18(21-22-23(13)10-14-5-3-2-4-6-14)19(26)20-17-8-7-15(11-24)16(9-17)12-25/h2-9,24-25H,10-12H2,1H3,(H,20,26). The number of nitrogens with one attached hydrogen (secondary N) is 1. The number of aliphatic hydroxyl groups excluding tert-OH is 2. The van der Waals surface area contributed by atoms with Gasteiger partial charge in [-0.2, -0.15) is 0 Å². The van der Waals surface area contributed by atoms with Gasteiger partial charge in [0.1, 0.15) is 0 Å². The summed E-state index contributed by atoms with van der Waals surface area (Å²) >= 11 is 0. The van der Waals surface area contributed by atoms with E-state index >= 15 is 0 Å². The first-order valence-corrected chi connectivity index (χ1v) is 8.21. The van der Waals surface area contributed by atoms with Crippen molar-refractivity contribution in [1.29, 1.82) is 0 Å². The zero-order chi connectivity index (χ0) is 18.5. The topological polar surface area (TPSA) is 100 Å². The molecule has 0 aliphatic carbocycles. The number of hydrogen-bond acceptors (Lipinski definition) is 5. The average Bonchev–Trinajstić information content (AvgIpc) is 3.03. The fourth-order valence-corrected chi connectivity index (χ4v) is 2.67. The van der Waals surface area contributed by atoms with Crippen LogP contribution < -0.4 is 5.32 Å². The molecule has 0 radical (unpaired) electrons. The average molecular weight is 352 g/mol. The van der Waals surface area contributed by atoms with Crippen molar-refractivity contribution in [2.45, 2.75) is 26.7 Å². The van der Waals surface area contributed by atoms with Crippen LogP contribution in [-0.4, -0.2) is 31.1 Å². The lowest BCUT2D eigenvalue weighted by Crippen LogP contribution is -2.15. The van der Waals surface area contributed by atoms with Crippen LogP contribution in [0.1, 0.15) is 32.9 Å². The molecule has 3 rings (SSSR count). The lowest BCUT2D eigenvalue weighted by atomic mass is 10.1. The summed E-state index contributed by atoms with van der Waals surface area (Å²) in [5, 5.41) is 29.4. The summed E-state index contributed by atoms with van der Waals surface area (Å²) < 4.78 is 1.68. The number of carbonyl (C=O) groups is 1. The lowest BCUT2D eigenvalue weighted by molar-refractivity contribution is 0.102. The van der Waals surface area contributed by atoms with Crippen molar-refractivity contribution in [3.63, 3.8) is 0 Å². The van der Waals surface area contributed by atoms with E-state index in [4.69, 9.17) is 0 Å². The largest absolute Gasteiger partial charge is 0.392 e. The molecule has 0 unspecified atom stereocenters. The Morgan fingerprint density at radius 3 is 2.50 bits per heavy atom. The van der Waals surface area contributed by atoms with Crippen LogP contribution in [0, 0.1) is 6.92 Å². The molecule has 1 heterocycles. The molecule has 7 heteroatoms. The van der Waals surface area contributed by atoms with Crippen LogP contribution >= 0.6 is 0 Å². The monoisotopic (exact) mass is 352 g/mol. The predicted octanol–water partition coefficient (Wildman–Crippen LogP) is 1.87. The van der Waals surface area contributed by atoms with Gasteiger partial charge in [0.25, 0.3) is 5.91 Å². The maximum Gasteiger partial charge on any atom is 0.278 e. The Balaban J connectivity index is 1.76. The maximum atomic E-state index is 12.5. The quantitative estimate of drug-likeness (QED) is 0.629. The van der Waals surface area contributed by atoms with Gasteiger partial charge in [0.15, 0.2) is 5.69 Å². The highest BCUT2D eigenvalue weighted by Crippen LogP contribution is 2.18. The molecule has 3 aromatic rings. The third kappa shape index (κ3) is 3.79. The van der Waals surface area contributed by atoms with Gasteiger partial charge in [-0.3, -0.25) is 4.79 Å². The van der Waals surface area contributed by atoms with E-state index in [0.29, 0.717) is 29.1 Å². The smallest absolute Gasteiger partial charge is 0.278 e. The van der Waals surface area contributed by atoms with Crippen LogP contribution in [0.25, 0.3) is 0 Å². The van der Waals surface area contributed by atoms with Crippen LogP contribution in [0.5, 0.6) is 0 Å². The van der Waals surface area contributed by atoms with Crippen LogP contribution in [0.2, 0.25) is 0 Å². The third-order valence-electron chi connectivity index (χ3n) is 4.18. The Morgan fingerprint density at radius 2 is 1.81 bits per heavy atom. The van der Waals surface area contributed by atoms with E-state index in [9.17, 15) is 15.0 Å². The summed E-state index contributed by atoms with van der Waals surface area (Å²) in [4.78, 5) is 12.5.